The first-order chi connectivity index (χ1) is 9.99. The van der Waals surface area contributed by atoms with Crippen molar-refractivity contribution in [3.63, 3.8) is 0 Å². The summed E-state index contributed by atoms with van der Waals surface area (Å²) in [5, 5.41) is 3.20. The van der Waals surface area contributed by atoms with E-state index in [2.05, 4.69) is 14.1 Å². The first-order valence-electron chi connectivity index (χ1n) is 5.59. The van der Waals surface area contributed by atoms with Gasteiger partial charge in [-0.25, -0.2) is 8.78 Å². The molecule has 0 spiro atoms. The number of nitrogen functional groups attached to an aromatic ring is 1. The molecule has 4 nitrogen and oxygen atoms in total. The Bertz CT molecular complexity index is 853. The Balaban J connectivity index is 2.19. The van der Waals surface area contributed by atoms with Gasteiger partial charge in [-0.3, -0.25) is 0 Å². The fourth-order valence-corrected chi connectivity index (χ4v) is 2.97. The molecule has 0 aliphatic heterocycles. The Hall–Kier alpha value is -1.70. The minimum absolute atomic E-state index is 0.0382. The van der Waals surface area contributed by atoms with E-state index in [-0.39, 0.29) is 22.1 Å². The van der Waals surface area contributed by atoms with Crippen LogP contribution in [0, 0.1) is 11.6 Å². The van der Waals surface area contributed by atoms with E-state index < -0.39 is 11.6 Å². The van der Waals surface area contributed by atoms with Crippen LogP contribution < -0.4 is 11.1 Å². The molecule has 0 aliphatic carbocycles. The number of anilines is 3. The second-order valence-corrected chi connectivity index (χ2v) is 5.47. The molecule has 1 heterocycles. The van der Waals surface area contributed by atoms with Crippen molar-refractivity contribution < 1.29 is 8.78 Å². The van der Waals surface area contributed by atoms with Crippen LogP contribution in [0.5, 0.6) is 0 Å². The number of hydrogen-bond donors (Lipinski definition) is 2. The predicted molar refractivity (Wildman–Crippen MR) is 81.5 cm³/mol. The third-order valence-electron chi connectivity index (χ3n) is 2.82. The van der Waals surface area contributed by atoms with Crippen molar-refractivity contribution in [3.05, 3.63) is 39.9 Å². The zero-order valence-electron chi connectivity index (χ0n) is 10.1. The smallest absolute Gasteiger partial charge is 0.184 e. The Labute approximate surface area is 131 Å². The van der Waals surface area contributed by atoms with Crippen molar-refractivity contribution in [1.29, 1.82) is 0 Å². The van der Waals surface area contributed by atoms with Crippen LogP contribution in [0.15, 0.2) is 18.2 Å². The van der Waals surface area contributed by atoms with Crippen LogP contribution in [-0.4, -0.2) is 8.75 Å². The monoisotopic (exact) mass is 346 g/mol. The molecule has 3 aromatic rings. The fourth-order valence-electron chi connectivity index (χ4n) is 1.81. The summed E-state index contributed by atoms with van der Waals surface area (Å²) in [6.07, 6.45) is 0. The van der Waals surface area contributed by atoms with Crippen LogP contribution in [0.3, 0.4) is 0 Å². The van der Waals surface area contributed by atoms with Gasteiger partial charge in [0.2, 0.25) is 0 Å². The second kappa shape index (κ2) is 5.25. The lowest BCUT2D eigenvalue weighted by Gasteiger charge is -2.13. The van der Waals surface area contributed by atoms with Gasteiger partial charge in [-0.2, -0.15) is 8.75 Å². The van der Waals surface area contributed by atoms with Crippen molar-refractivity contribution in [2.24, 2.45) is 0 Å². The van der Waals surface area contributed by atoms with E-state index >= 15 is 0 Å². The van der Waals surface area contributed by atoms with Crippen LogP contribution in [-0.2, 0) is 0 Å². The molecule has 1 aromatic heterocycles. The lowest BCUT2D eigenvalue weighted by atomic mass is 10.2. The highest BCUT2D eigenvalue weighted by atomic mass is 35.5. The Kier molecular flexibility index (Phi) is 3.56. The van der Waals surface area contributed by atoms with E-state index in [0.717, 1.165) is 17.8 Å². The number of halogens is 4. The fraction of sp³-hybridized carbons (Fsp3) is 0. The molecule has 0 unspecified atom stereocenters. The number of aromatic nitrogens is 2. The van der Waals surface area contributed by atoms with Crippen LogP contribution in [0.4, 0.5) is 25.8 Å². The molecule has 0 atom stereocenters. The summed E-state index contributed by atoms with van der Waals surface area (Å²) >= 11 is 13.0. The predicted octanol–water partition coefficient (Wildman–Crippen LogP) is 4.60. The molecule has 0 amide bonds. The van der Waals surface area contributed by atoms with Crippen molar-refractivity contribution in [3.8, 4) is 0 Å². The Morgan fingerprint density at radius 3 is 2.52 bits per heavy atom. The van der Waals surface area contributed by atoms with Gasteiger partial charge >= 0.3 is 0 Å². The normalized spacial score (nSPS) is 11.0. The molecule has 0 fully saturated rings. The maximum Gasteiger partial charge on any atom is 0.184 e. The van der Waals surface area contributed by atoms with E-state index in [1.54, 1.807) is 0 Å². The average molecular weight is 347 g/mol. The molecule has 3 rings (SSSR count). The summed E-state index contributed by atoms with van der Waals surface area (Å²) in [6, 6.07) is 3.64. The quantitative estimate of drug-likeness (QED) is 0.665. The second-order valence-electron chi connectivity index (χ2n) is 4.13. The molecule has 0 saturated heterocycles. The van der Waals surface area contributed by atoms with Gasteiger partial charge in [-0.05, 0) is 18.2 Å². The first kappa shape index (κ1) is 14.2. The van der Waals surface area contributed by atoms with Crippen molar-refractivity contribution in [2.75, 3.05) is 11.1 Å². The zero-order chi connectivity index (χ0) is 15.1. The van der Waals surface area contributed by atoms with E-state index in [1.165, 1.54) is 12.1 Å². The Morgan fingerprint density at radius 1 is 1.05 bits per heavy atom. The number of fused-ring (bicyclic) bond motifs is 1. The van der Waals surface area contributed by atoms with Gasteiger partial charge in [-0.1, -0.05) is 23.2 Å². The topological polar surface area (TPSA) is 63.8 Å². The maximum atomic E-state index is 13.9. The molecule has 2 aromatic carbocycles. The molecule has 0 radical (unpaired) electrons. The third kappa shape index (κ3) is 2.37. The van der Waals surface area contributed by atoms with Crippen LogP contribution >= 0.6 is 34.9 Å². The Morgan fingerprint density at radius 2 is 1.76 bits per heavy atom. The molecular formula is C12H6Cl2F2N4S. The van der Waals surface area contributed by atoms with Crippen LogP contribution in [0.1, 0.15) is 0 Å². The minimum atomic E-state index is -1.10. The lowest BCUT2D eigenvalue weighted by Crippen LogP contribution is -2.02. The molecule has 3 N–H and O–H groups in total. The number of nitrogens with zero attached hydrogens (tertiary/aromatic N) is 2. The molecule has 0 aliphatic rings. The van der Waals surface area contributed by atoms with Crippen LogP contribution in [0.25, 0.3) is 11.0 Å². The van der Waals surface area contributed by atoms with E-state index in [9.17, 15) is 8.78 Å². The van der Waals surface area contributed by atoms with E-state index in [4.69, 9.17) is 28.9 Å². The molecule has 0 bridgehead atoms. The highest BCUT2D eigenvalue weighted by Gasteiger charge is 2.18. The lowest BCUT2D eigenvalue weighted by molar-refractivity contribution is 0.512. The number of nitrogens with two attached hydrogens (primary N) is 1. The molecule has 0 saturated carbocycles. The molecular weight excluding hydrogens is 341 g/mol. The highest BCUT2D eigenvalue weighted by Crippen LogP contribution is 2.38. The summed E-state index contributed by atoms with van der Waals surface area (Å²) < 4.78 is 35.3. The van der Waals surface area contributed by atoms with E-state index in [1.807, 2.05) is 0 Å². The summed E-state index contributed by atoms with van der Waals surface area (Å²) in [7, 11) is 0. The standard InChI is InChI=1S/C12H6Cl2F2N4S/c13-4-3-5(14)10-12(20-21-19-10)9(4)18-11-7(17)2-1-6(15)8(11)16/h1-3,18H,17H2. The van der Waals surface area contributed by atoms with Gasteiger partial charge in [0.1, 0.15) is 16.7 Å². The van der Waals surface area contributed by atoms with Crippen molar-refractivity contribution >= 4 is 63.0 Å². The number of nitrogens with one attached hydrogen (secondary N) is 1. The average Bonchev–Trinajstić information content (AvgIpc) is 2.92. The summed E-state index contributed by atoms with van der Waals surface area (Å²) in [4.78, 5) is 0. The van der Waals surface area contributed by atoms with Gasteiger partial charge in [0.05, 0.1) is 33.1 Å². The minimum Gasteiger partial charge on any atom is -0.397 e. The highest BCUT2D eigenvalue weighted by molar-refractivity contribution is 7.00. The van der Waals surface area contributed by atoms with Crippen LogP contribution in [0.2, 0.25) is 10.0 Å². The number of rotatable bonds is 2. The largest absolute Gasteiger partial charge is 0.397 e. The number of benzene rings is 2. The van der Waals surface area contributed by atoms with Crippen molar-refractivity contribution in [1.82, 2.24) is 8.75 Å². The summed E-state index contributed by atoms with van der Waals surface area (Å²) in [6.45, 7) is 0. The van der Waals surface area contributed by atoms with Crippen molar-refractivity contribution in [2.45, 2.75) is 0 Å². The summed E-state index contributed by atoms with van der Waals surface area (Å²) in [5.74, 6) is -2.12. The zero-order valence-corrected chi connectivity index (χ0v) is 12.5. The summed E-state index contributed by atoms with van der Waals surface area (Å²) in [5.41, 5.74) is 6.54. The SMILES string of the molecule is Nc1ccc(F)c(F)c1Nc1c(Cl)cc(Cl)c2nsnc12. The van der Waals surface area contributed by atoms with Gasteiger partial charge in [0.15, 0.2) is 11.6 Å². The number of hydrogen-bond acceptors (Lipinski definition) is 5. The first-order valence-corrected chi connectivity index (χ1v) is 7.08. The molecule has 9 heteroatoms. The van der Waals surface area contributed by atoms with Gasteiger partial charge in [-0.15, -0.1) is 0 Å². The van der Waals surface area contributed by atoms with Gasteiger partial charge < -0.3 is 11.1 Å². The molecule has 21 heavy (non-hydrogen) atoms. The van der Waals surface area contributed by atoms with E-state index in [0.29, 0.717) is 16.1 Å². The van der Waals surface area contributed by atoms with Gasteiger partial charge in [0.25, 0.3) is 0 Å². The maximum absolute atomic E-state index is 13.9. The molecule has 108 valence electrons. The van der Waals surface area contributed by atoms with Gasteiger partial charge in [0, 0.05) is 0 Å². The third-order valence-corrected chi connectivity index (χ3v) is 3.94.